The molecule has 0 aliphatic carbocycles. The molecular weight excluding hydrogens is 210 g/mol. The van der Waals surface area contributed by atoms with Crippen molar-refractivity contribution in [3.8, 4) is 0 Å². The van der Waals surface area contributed by atoms with Gasteiger partial charge in [0.05, 0.1) is 12.0 Å². The van der Waals surface area contributed by atoms with E-state index in [0.29, 0.717) is 5.82 Å². The molecule has 0 aliphatic rings. The zero-order valence-electron chi connectivity index (χ0n) is 8.01. The van der Waals surface area contributed by atoms with Gasteiger partial charge in [0, 0.05) is 11.1 Å². The standard InChI is InChI=1S/C10H11N3OS/c11-13-10-6-9(3-4-12-10)15-7-8-2-1-5-14-8/h1-6H,7,11H2,(H,12,13). The molecule has 2 rings (SSSR count). The largest absolute Gasteiger partial charge is 0.468 e. The summed E-state index contributed by atoms with van der Waals surface area (Å²) in [5, 5.41) is 0. The molecule has 0 bridgehead atoms. The summed E-state index contributed by atoms with van der Waals surface area (Å²) >= 11 is 1.68. The maximum atomic E-state index is 5.27. The van der Waals surface area contributed by atoms with Gasteiger partial charge in [-0.25, -0.2) is 10.8 Å². The fraction of sp³-hybridized carbons (Fsp3) is 0.100. The lowest BCUT2D eigenvalue weighted by Crippen LogP contribution is -2.07. The number of hydrazine groups is 1. The van der Waals surface area contributed by atoms with Crippen LogP contribution in [-0.4, -0.2) is 4.98 Å². The van der Waals surface area contributed by atoms with E-state index in [1.165, 1.54) is 0 Å². The number of rotatable bonds is 4. The minimum atomic E-state index is 0.666. The molecule has 2 aromatic heterocycles. The average Bonchev–Trinajstić information content (AvgIpc) is 2.79. The fourth-order valence-electron chi connectivity index (χ4n) is 1.13. The molecule has 0 aromatic carbocycles. The number of hydrogen-bond acceptors (Lipinski definition) is 5. The lowest BCUT2D eigenvalue weighted by atomic mass is 10.5. The Morgan fingerprint density at radius 1 is 1.47 bits per heavy atom. The highest BCUT2D eigenvalue weighted by Gasteiger charge is 1.99. The van der Waals surface area contributed by atoms with Gasteiger partial charge in [-0.15, -0.1) is 11.8 Å². The summed E-state index contributed by atoms with van der Waals surface area (Å²) in [6, 6.07) is 7.67. The molecule has 5 heteroatoms. The van der Waals surface area contributed by atoms with E-state index in [1.54, 1.807) is 24.2 Å². The molecule has 0 saturated heterocycles. The van der Waals surface area contributed by atoms with Gasteiger partial charge in [0.1, 0.15) is 11.6 Å². The summed E-state index contributed by atoms with van der Waals surface area (Å²) in [5.74, 6) is 7.70. The van der Waals surface area contributed by atoms with E-state index < -0.39 is 0 Å². The molecule has 2 aromatic rings. The van der Waals surface area contributed by atoms with E-state index in [9.17, 15) is 0 Å². The number of anilines is 1. The number of aromatic nitrogens is 1. The zero-order valence-corrected chi connectivity index (χ0v) is 8.83. The average molecular weight is 221 g/mol. The summed E-state index contributed by atoms with van der Waals surface area (Å²) in [5.41, 5.74) is 2.51. The SMILES string of the molecule is NNc1cc(SCc2ccco2)ccn1. The number of nitrogens with zero attached hydrogens (tertiary/aromatic N) is 1. The van der Waals surface area contributed by atoms with Crippen LogP contribution in [-0.2, 0) is 5.75 Å². The molecular formula is C10H11N3OS. The summed E-state index contributed by atoms with van der Waals surface area (Å²) in [6.45, 7) is 0. The molecule has 3 N–H and O–H groups in total. The molecule has 0 amide bonds. The zero-order chi connectivity index (χ0) is 10.5. The van der Waals surface area contributed by atoms with Crippen molar-refractivity contribution in [3.63, 3.8) is 0 Å². The highest BCUT2D eigenvalue weighted by molar-refractivity contribution is 7.98. The van der Waals surface area contributed by atoms with Gasteiger partial charge >= 0.3 is 0 Å². The second-order valence-corrected chi connectivity index (χ2v) is 3.94. The number of pyridine rings is 1. The van der Waals surface area contributed by atoms with Crippen LogP contribution in [0.25, 0.3) is 0 Å². The van der Waals surface area contributed by atoms with Crippen molar-refractivity contribution in [1.29, 1.82) is 0 Å². The van der Waals surface area contributed by atoms with E-state index in [1.807, 2.05) is 24.3 Å². The summed E-state index contributed by atoms with van der Waals surface area (Å²) < 4.78 is 5.24. The predicted octanol–water partition coefficient (Wildman–Crippen LogP) is 2.25. The molecule has 78 valence electrons. The number of nitrogen functional groups attached to an aromatic ring is 1. The number of nitrogens with two attached hydrogens (primary N) is 1. The van der Waals surface area contributed by atoms with Gasteiger partial charge in [-0.2, -0.15) is 0 Å². The lowest BCUT2D eigenvalue weighted by Gasteiger charge is -2.02. The summed E-state index contributed by atoms with van der Waals surface area (Å²) in [4.78, 5) is 5.14. The summed E-state index contributed by atoms with van der Waals surface area (Å²) in [6.07, 6.45) is 3.40. The van der Waals surface area contributed by atoms with Crippen LogP contribution in [0.1, 0.15) is 5.76 Å². The van der Waals surface area contributed by atoms with Gasteiger partial charge in [-0.05, 0) is 24.3 Å². The Kier molecular flexibility index (Phi) is 3.26. The first-order chi connectivity index (χ1) is 7.38. The van der Waals surface area contributed by atoms with Crippen LogP contribution in [0, 0.1) is 0 Å². The topological polar surface area (TPSA) is 64.1 Å². The van der Waals surface area contributed by atoms with Crippen LogP contribution in [0.3, 0.4) is 0 Å². The molecule has 0 aliphatic heterocycles. The van der Waals surface area contributed by atoms with Crippen molar-refractivity contribution < 1.29 is 4.42 Å². The smallest absolute Gasteiger partial charge is 0.140 e. The number of nitrogens with one attached hydrogen (secondary N) is 1. The second kappa shape index (κ2) is 4.86. The molecule has 0 spiro atoms. The number of thioether (sulfide) groups is 1. The third kappa shape index (κ3) is 2.74. The predicted molar refractivity (Wildman–Crippen MR) is 60.3 cm³/mol. The maximum Gasteiger partial charge on any atom is 0.140 e. The Morgan fingerprint density at radius 2 is 2.40 bits per heavy atom. The molecule has 0 unspecified atom stereocenters. The monoisotopic (exact) mass is 221 g/mol. The molecule has 15 heavy (non-hydrogen) atoms. The maximum absolute atomic E-state index is 5.27. The van der Waals surface area contributed by atoms with Gasteiger partial charge < -0.3 is 9.84 Å². The Bertz CT molecular complexity index is 416. The first-order valence-corrected chi connectivity index (χ1v) is 5.45. The van der Waals surface area contributed by atoms with Gasteiger partial charge in [-0.3, -0.25) is 0 Å². The highest BCUT2D eigenvalue weighted by Crippen LogP contribution is 2.23. The van der Waals surface area contributed by atoms with Crippen LogP contribution < -0.4 is 11.3 Å². The van der Waals surface area contributed by atoms with Crippen LogP contribution in [0.15, 0.2) is 46.0 Å². The molecule has 0 radical (unpaired) electrons. The normalized spacial score (nSPS) is 10.2. The number of furan rings is 1. The molecule has 0 atom stereocenters. The quantitative estimate of drug-likeness (QED) is 0.471. The Labute approximate surface area is 91.9 Å². The van der Waals surface area contributed by atoms with E-state index in [2.05, 4.69) is 10.4 Å². The molecule has 0 fully saturated rings. The van der Waals surface area contributed by atoms with Gasteiger partial charge in [-0.1, -0.05) is 0 Å². The van der Waals surface area contributed by atoms with E-state index in [4.69, 9.17) is 10.3 Å². The van der Waals surface area contributed by atoms with Crippen LogP contribution in [0.2, 0.25) is 0 Å². The van der Waals surface area contributed by atoms with E-state index >= 15 is 0 Å². The summed E-state index contributed by atoms with van der Waals surface area (Å²) in [7, 11) is 0. The van der Waals surface area contributed by atoms with Crippen molar-refractivity contribution in [2.45, 2.75) is 10.6 Å². The first kappa shape index (κ1) is 10.1. The van der Waals surface area contributed by atoms with Crippen molar-refractivity contribution in [3.05, 3.63) is 42.5 Å². The van der Waals surface area contributed by atoms with Crippen LogP contribution in [0.5, 0.6) is 0 Å². The Balaban J connectivity index is 1.98. The van der Waals surface area contributed by atoms with E-state index in [0.717, 1.165) is 16.4 Å². The lowest BCUT2D eigenvalue weighted by molar-refractivity contribution is 0.530. The van der Waals surface area contributed by atoms with Crippen molar-refractivity contribution in [2.75, 3.05) is 5.43 Å². The number of hydrogen-bond donors (Lipinski definition) is 2. The van der Waals surface area contributed by atoms with Crippen molar-refractivity contribution in [1.82, 2.24) is 4.98 Å². The van der Waals surface area contributed by atoms with Crippen LogP contribution >= 0.6 is 11.8 Å². The molecule has 4 nitrogen and oxygen atoms in total. The van der Waals surface area contributed by atoms with E-state index in [-0.39, 0.29) is 0 Å². The second-order valence-electron chi connectivity index (χ2n) is 2.89. The highest BCUT2D eigenvalue weighted by atomic mass is 32.2. The van der Waals surface area contributed by atoms with Crippen LogP contribution in [0.4, 0.5) is 5.82 Å². The third-order valence-corrected chi connectivity index (χ3v) is 2.86. The first-order valence-electron chi connectivity index (χ1n) is 4.46. The van der Waals surface area contributed by atoms with Gasteiger partial charge in [0.2, 0.25) is 0 Å². The Hall–Kier alpha value is -1.46. The molecule has 2 heterocycles. The third-order valence-electron chi connectivity index (χ3n) is 1.84. The van der Waals surface area contributed by atoms with Gasteiger partial charge in [0.25, 0.3) is 0 Å². The van der Waals surface area contributed by atoms with Gasteiger partial charge in [0.15, 0.2) is 0 Å². The minimum absolute atomic E-state index is 0.666. The van der Waals surface area contributed by atoms with Crippen molar-refractivity contribution >= 4 is 17.6 Å². The fourth-order valence-corrected chi connectivity index (χ4v) is 1.95. The Morgan fingerprint density at radius 3 is 3.13 bits per heavy atom. The van der Waals surface area contributed by atoms with Crippen molar-refractivity contribution in [2.24, 2.45) is 5.84 Å². The molecule has 0 saturated carbocycles. The minimum Gasteiger partial charge on any atom is -0.468 e.